The van der Waals surface area contributed by atoms with Crippen LogP contribution in [0.15, 0.2) is 146 Å². The summed E-state index contributed by atoms with van der Waals surface area (Å²) in [6.07, 6.45) is 13.4. The van der Waals surface area contributed by atoms with Gasteiger partial charge in [0.05, 0.1) is 18.2 Å². The lowest BCUT2D eigenvalue weighted by Crippen LogP contribution is -2.68. The minimum Gasteiger partial charge on any atom is -0.232 e. The first-order chi connectivity index (χ1) is 33.2. The molecule has 9 aromatic rings. The summed E-state index contributed by atoms with van der Waals surface area (Å²) in [5.41, 5.74) is 16.0. The van der Waals surface area contributed by atoms with E-state index < -0.39 is 0 Å². The minimum absolute atomic E-state index is 0.139. The first kappa shape index (κ1) is 46.7. The van der Waals surface area contributed by atoms with E-state index >= 15 is 0 Å². The molecule has 0 radical (unpaired) electrons. The zero-order valence-corrected chi connectivity index (χ0v) is 44.0. The number of rotatable bonds is 13. The Morgan fingerprint density at radius 2 is 1.16 bits per heavy atom. The van der Waals surface area contributed by atoms with Gasteiger partial charge < -0.3 is 0 Å². The molecule has 0 saturated heterocycles. The number of hydrogen-bond donors (Lipinski definition) is 0. The second kappa shape index (κ2) is 18.0. The molecule has 4 heterocycles. The topological polar surface area (TPSA) is 17.6 Å². The van der Waals surface area contributed by atoms with Crippen molar-refractivity contribution in [3.8, 4) is 45.3 Å². The molecule has 4 nitrogen and oxygen atoms in total. The molecule has 0 amide bonds. The van der Waals surface area contributed by atoms with Gasteiger partial charge in [0.15, 0.2) is 0 Å². The summed E-state index contributed by atoms with van der Waals surface area (Å²) in [5, 5.41) is 2.77. The van der Waals surface area contributed by atoms with Crippen LogP contribution >= 0.6 is 11.3 Å². The van der Waals surface area contributed by atoms with Gasteiger partial charge in [0, 0.05) is 47.8 Å². The largest absolute Gasteiger partial charge is 0.294 e. The van der Waals surface area contributed by atoms with Crippen LogP contribution in [-0.2, 0) is 24.4 Å². The fraction of sp³-hybridized carbons (Fsp3) is 0.344. The Bertz CT molecular complexity index is 3330. The molecule has 0 spiro atoms. The average molecular weight is 929 g/mol. The second-order valence-corrected chi connectivity index (χ2v) is 22.5. The van der Waals surface area contributed by atoms with Gasteiger partial charge in [-0.15, -0.1) is 11.3 Å². The van der Waals surface area contributed by atoms with Crippen molar-refractivity contribution in [2.75, 3.05) is 0 Å². The molecule has 0 fully saturated rings. The van der Waals surface area contributed by atoms with E-state index in [1.54, 1.807) is 0 Å². The summed E-state index contributed by atoms with van der Waals surface area (Å²) in [6.45, 7) is 26.4. The second-order valence-electron chi connectivity index (χ2n) is 21.4. The molecular weight excluding hydrogens is 857 g/mol. The summed E-state index contributed by atoms with van der Waals surface area (Å²) in [5.74, 6) is 3.89. The third-order valence-corrected chi connectivity index (χ3v) is 17.6. The van der Waals surface area contributed by atoms with E-state index in [1.807, 2.05) is 11.3 Å². The predicted molar refractivity (Wildman–Crippen MR) is 293 cm³/mol. The van der Waals surface area contributed by atoms with E-state index in [-0.39, 0.29) is 11.0 Å². The smallest absolute Gasteiger partial charge is 0.232 e. The van der Waals surface area contributed by atoms with Crippen molar-refractivity contribution in [2.24, 2.45) is 7.05 Å². The highest BCUT2D eigenvalue weighted by Gasteiger charge is 2.57. The first-order valence-electron chi connectivity index (χ1n) is 25.8. The van der Waals surface area contributed by atoms with Gasteiger partial charge in [0.2, 0.25) is 0 Å². The van der Waals surface area contributed by atoms with Crippen molar-refractivity contribution in [2.45, 2.75) is 136 Å². The van der Waals surface area contributed by atoms with Crippen LogP contribution in [0.3, 0.4) is 0 Å². The van der Waals surface area contributed by atoms with Crippen LogP contribution in [0.2, 0.25) is 0 Å². The van der Waals surface area contributed by atoms with E-state index in [0.29, 0.717) is 23.7 Å². The quantitative estimate of drug-likeness (QED) is 0.103. The molecule has 2 atom stereocenters. The maximum Gasteiger partial charge on any atom is 0.294 e. The van der Waals surface area contributed by atoms with Gasteiger partial charge in [-0.3, -0.25) is 0 Å². The van der Waals surface area contributed by atoms with Crippen molar-refractivity contribution < 1.29 is 9.13 Å². The van der Waals surface area contributed by atoms with E-state index in [2.05, 4.69) is 248 Å². The molecule has 0 N–H and O–H groups in total. The third-order valence-electron chi connectivity index (χ3n) is 16.3. The molecule has 5 heteroatoms. The van der Waals surface area contributed by atoms with Crippen molar-refractivity contribution in [1.29, 1.82) is 0 Å². The Balaban J connectivity index is 1.11. The highest BCUT2D eigenvalue weighted by molar-refractivity contribution is 7.26. The molecule has 1 aliphatic rings. The van der Waals surface area contributed by atoms with Crippen molar-refractivity contribution in [1.82, 2.24) is 9.13 Å². The molecule has 0 bridgehead atoms. The molecule has 10 rings (SSSR count). The highest BCUT2D eigenvalue weighted by Crippen LogP contribution is 2.54. The van der Waals surface area contributed by atoms with Gasteiger partial charge in [-0.2, -0.15) is 9.13 Å². The highest BCUT2D eigenvalue weighted by atomic mass is 32.1. The number of imidazole rings is 2. The molecule has 0 aliphatic carbocycles. The summed E-state index contributed by atoms with van der Waals surface area (Å²) in [4.78, 5) is 0. The molecule has 352 valence electrons. The summed E-state index contributed by atoms with van der Waals surface area (Å²) in [6, 6.07) is 46.0. The first-order valence-corrected chi connectivity index (χ1v) is 26.7. The van der Waals surface area contributed by atoms with Crippen LogP contribution in [0.4, 0.5) is 0 Å². The zero-order chi connectivity index (χ0) is 48.5. The minimum atomic E-state index is -0.201. The van der Waals surface area contributed by atoms with Crippen LogP contribution in [0.25, 0.3) is 65.4 Å². The van der Waals surface area contributed by atoms with Crippen molar-refractivity contribution in [3.63, 3.8) is 0 Å². The number of benzene rings is 6. The maximum absolute atomic E-state index is 2.71. The van der Waals surface area contributed by atoms with Crippen LogP contribution in [-0.4, -0.2) is 9.13 Å². The summed E-state index contributed by atoms with van der Waals surface area (Å²) in [7, 11) is 2.22. The van der Waals surface area contributed by atoms with Crippen LogP contribution in [0, 0.1) is 0 Å². The fourth-order valence-electron chi connectivity index (χ4n) is 12.6. The lowest BCUT2D eigenvalue weighted by Gasteiger charge is -2.50. The van der Waals surface area contributed by atoms with Gasteiger partial charge in [-0.05, 0) is 115 Å². The Morgan fingerprint density at radius 1 is 0.565 bits per heavy atom. The molecular formula is C64H72N4S+2. The average Bonchev–Trinajstić information content (AvgIpc) is 4.08. The van der Waals surface area contributed by atoms with Gasteiger partial charge in [-0.25, -0.2) is 9.13 Å². The Labute approximate surface area is 415 Å². The van der Waals surface area contributed by atoms with Crippen LogP contribution in [0.1, 0.15) is 152 Å². The number of nitrogens with zero attached hydrogens (tertiary/aromatic N) is 4. The Morgan fingerprint density at radius 3 is 1.83 bits per heavy atom. The van der Waals surface area contributed by atoms with Crippen molar-refractivity contribution in [3.05, 3.63) is 179 Å². The number of aryl methyl sites for hydroxylation is 2. The van der Waals surface area contributed by atoms with Gasteiger partial charge in [0.25, 0.3) is 11.6 Å². The number of hydrogen-bond acceptors (Lipinski definition) is 1. The fourth-order valence-corrected chi connectivity index (χ4v) is 13.9. The maximum atomic E-state index is 2.71. The van der Waals surface area contributed by atoms with Crippen LogP contribution in [0.5, 0.6) is 0 Å². The lowest BCUT2D eigenvalue weighted by atomic mass is 9.57. The van der Waals surface area contributed by atoms with E-state index in [1.165, 1.54) is 98.8 Å². The molecule has 3 aromatic heterocycles. The van der Waals surface area contributed by atoms with E-state index in [4.69, 9.17) is 0 Å². The standard InChI is InChI=1S/C64H72N4S/c1-13-63(11)64(14-2,33-32-46-26-18-19-27-48(46)61-65(12)34-35-66(61)58-51(41(3)4)38-47(39-52(58)42(5)6)45-24-16-15-17-25-45)55-30-22-20-29-50(55)62-67(36-37-68(62)63)59-53(43(7)8)40-54-49-28-21-23-31-56(49)69-60(54)57(59)44(9)10/h15-31,34-44H,13-14,32-33H2,1-12H3/q+2. The SMILES string of the molecule is CCC1(CCc2ccccc2-c2n(-c3c(C(C)C)cc(-c4ccccc4)cc3C(C)C)cc[n+]2C)c2ccccc2-c2n(-c3c(C(C)C)cc4c(sc5ccccc54)c3C(C)C)cc[n+]2C1(C)CC. The lowest BCUT2D eigenvalue weighted by molar-refractivity contribution is -0.765. The Hall–Kier alpha value is -6.04. The van der Waals surface area contributed by atoms with E-state index in [9.17, 15) is 0 Å². The third kappa shape index (κ3) is 7.36. The van der Waals surface area contributed by atoms with Gasteiger partial charge >= 0.3 is 0 Å². The number of aromatic nitrogens is 4. The number of fused-ring (bicyclic) bond motifs is 6. The van der Waals surface area contributed by atoms with Gasteiger partial charge in [-0.1, -0.05) is 154 Å². The number of thiophene rings is 1. The summed E-state index contributed by atoms with van der Waals surface area (Å²) >= 11 is 1.96. The molecule has 0 saturated carbocycles. The molecule has 1 aliphatic heterocycles. The van der Waals surface area contributed by atoms with E-state index in [0.717, 1.165) is 25.7 Å². The predicted octanol–water partition coefficient (Wildman–Crippen LogP) is 16.7. The van der Waals surface area contributed by atoms with Crippen molar-refractivity contribution >= 4 is 31.5 Å². The zero-order valence-electron chi connectivity index (χ0n) is 43.2. The molecule has 69 heavy (non-hydrogen) atoms. The monoisotopic (exact) mass is 929 g/mol. The summed E-state index contributed by atoms with van der Waals surface area (Å²) < 4.78 is 13.0. The molecule has 6 aromatic carbocycles. The van der Waals surface area contributed by atoms with Gasteiger partial charge in [0.1, 0.15) is 41.7 Å². The molecule has 2 unspecified atom stereocenters. The Kier molecular flexibility index (Phi) is 12.2. The van der Waals surface area contributed by atoms with Crippen LogP contribution < -0.4 is 9.13 Å². The normalized spacial score (nSPS) is 17.0.